The molecule has 0 aliphatic rings. The van der Waals surface area contributed by atoms with E-state index in [4.69, 9.17) is 37.9 Å². The Morgan fingerprint density at radius 1 is 0.418 bits per heavy atom. The largest absolute Gasteiger partial charge is 0.465 e. The topological polar surface area (TPSA) is 149 Å². The molecule has 14 nitrogen and oxygen atoms in total. The lowest BCUT2D eigenvalue weighted by Gasteiger charge is -2.29. The van der Waals surface area contributed by atoms with Crippen molar-refractivity contribution in [3.05, 3.63) is 12.3 Å². The Hall–Kier alpha value is -3.22. The minimum absolute atomic E-state index is 0.136. The maximum absolute atomic E-state index is 12.9. The lowest BCUT2D eigenvalue weighted by molar-refractivity contribution is -0.151. The lowest BCUT2D eigenvalue weighted by Crippen LogP contribution is -2.35. The molecule has 0 aliphatic heterocycles. The molecule has 0 aromatic carbocycles. The second-order valence-electron chi connectivity index (χ2n) is 21.6. The molecule has 0 radical (unpaired) electrons. The third kappa shape index (κ3) is 57.8. The van der Waals surface area contributed by atoms with Crippen molar-refractivity contribution in [2.24, 2.45) is 5.92 Å². The second-order valence-corrected chi connectivity index (χ2v) is 21.6. The molecule has 0 aromatic rings. The van der Waals surface area contributed by atoms with Gasteiger partial charge in [0.05, 0.1) is 26.4 Å². The van der Waals surface area contributed by atoms with Gasteiger partial charge in [0.1, 0.15) is 25.4 Å². The summed E-state index contributed by atoms with van der Waals surface area (Å²) in [7, 11) is 4.09. The van der Waals surface area contributed by atoms with Gasteiger partial charge in [-0.3, -0.25) is 19.2 Å². The van der Waals surface area contributed by atoms with E-state index < -0.39 is 0 Å². The molecule has 14 heteroatoms. The van der Waals surface area contributed by atoms with Crippen LogP contribution in [0.15, 0.2) is 12.3 Å². The van der Waals surface area contributed by atoms with Crippen LogP contribution in [-0.2, 0) is 57.1 Å². The Bertz CT molecular complexity index is 1390. The van der Waals surface area contributed by atoms with Crippen molar-refractivity contribution in [3.8, 4) is 11.8 Å². The molecule has 0 amide bonds. The summed E-state index contributed by atoms with van der Waals surface area (Å²) in [5, 5.41) is 0. The molecule has 0 saturated carbocycles. The first-order valence-corrected chi connectivity index (χ1v) is 31.9. The van der Waals surface area contributed by atoms with E-state index in [0.717, 1.165) is 115 Å². The van der Waals surface area contributed by atoms with Crippen LogP contribution < -0.4 is 0 Å². The fraction of sp³-hybridized carbons (Fsp3) is 0.877. The van der Waals surface area contributed by atoms with E-state index in [1.807, 2.05) is 21.0 Å². The van der Waals surface area contributed by atoms with Crippen LogP contribution >= 0.6 is 0 Å². The highest BCUT2D eigenvalue weighted by molar-refractivity contribution is 5.70. The quantitative estimate of drug-likeness (QED) is 0.0246. The van der Waals surface area contributed by atoms with Gasteiger partial charge in [-0.2, -0.15) is 0 Å². The average molecular weight is 1120 g/mol. The highest BCUT2D eigenvalue weighted by Crippen LogP contribution is 2.15. The van der Waals surface area contributed by atoms with Crippen LogP contribution in [0.4, 0.5) is 0 Å². The van der Waals surface area contributed by atoms with Gasteiger partial charge in [-0.25, -0.2) is 0 Å². The summed E-state index contributed by atoms with van der Waals surface area (Å²) in [4.78, 5) is 55.2. The average Bonchev–Trinajstić information content (AvgIpc) is 3.43. The van der Waals surface area contributed by atoms with Crippen molar-refractivity contribution in [1.29, 1.82) is 0 Å². The number of nitrogens with zero attached hydrogens (tertiary/aromatic N) is 2. The third-order valence-corrected chi connectivity index (χ3v) is 13.2. The molecule has 0 aliphatic carbocycles. The molecule has 0 aromatic heterocycles. The van der Waals surface area contributed by atoms with Crippen molar-refractivity contribution >= 4 is 23.9 Å². The zero-order valence-corrected chi connectivity index (χ0v) is 52.6. The first kappa shape index (κ1) is 77.8. The highest BCUT2D eigenvalue weighted by atomic mass is 16.6. The van der Waals surface area contributed by atoms with Crippen LogP contribution in [0.1, 0.15) is 254 Å². The van der Waals surface area contributed by atoms with Crippen molar-refractivity contribution in [2.75, 3.05) is 99.8 Å². The van der Waals surface area contributed by atoms with Gasteiger partial charge in [-0.05, 0) is 91.8 Å². The van der Waals surface area contributed by atoms with Gasteiger partial charge in [-0.1, -0.05) is 151 Å². The SMILES string of the molecule is C=C(C)N(CCCN(C)C)CC(COC(=O)CCCCCCC(=O)OCC(COCCCCCC)OCCCCCC)COC(=O)CCCCCCC(=O)OCC(COCCCCCC)OCCCCCC.CCC#CCCC. The van der Waals surface area contributed by atoms with Crippen molar-refractivity contribution < 1.29 is 57.1 Å². The van der Waals surface area contributed by atoms with Crippen LogP contribution in [0.2, 0.25) is 0 Å². The zero-order valence-electron chi connectivity index (χ0n) is 52.6. The molecule has 464 valence electrons. The van der Waals surface area contributed by atoms with E-state index in [9.17, 15) is 19.2 Å². The van der Waals surface area contributed by atoms with Crippen molar-refractivity contribution in [3.63, 3.8) is 0 Å². The molecular formula is C65H122N2O12. The van der Waals surface area contributed by atoms with Gasteiger partial charge in [0.15, 0.2) is 0 Å². The number of carbonyl (C=O) groups is 4. The molecule has 0 spiro atoms. The van der Waals surface area contributed by atoms with Crippen LogP contribution in [0.3, 0.4) is 0 Å². The fourth-order valence-corrected chi connectivity index (χ4v) is 8.22. The molecule has 0 saturated heterocycles. The fourth-order valence-electron chi connectivity index (χ4n) is 8.22. The Labute approximate surface area is 484 Å². The number of esters is 4. The number of hydrogen-bond donors (Lipinski definition) is 0. The van der Waals surface area contributed by atoms with Gasteiger partial charge >= 0.3 is 23.9 Å². The Kier molecular flexibility index (Phi) is 60.0. The molecule has 79 heavy (non-hydrogen) atoms. The predicted molar refractivity (Wildman–Crippen MR) is 323 cm³/mol. The summed E-state index contributed by atoms with van der Waals surface area (Å²) in [5.74, 6) is 4.76. The number of rotatable bonds is 56. The van der Waals surface area contributed by atoms with Crippen LogP contribution in [-0.4, -0.2) is 146 Å². The number of carbonyl (C=O) groups excluding carboxylic acids is 4. The van der Waals surface area contributed by atoms with Gasteiger partial charge in [0.2, 0.25) is 0 Å². The molecule has 0 N–H and O–H groups in total. The molecule has 0 fully saturated rings. The second kappa shape index (κ2) is 60.9. The van der Waals surface area contributed by atoms with Crippen molar-refractivity contribution in [2.45, 2.75) is 266 Å². The maximum atomic E-state index is 12.9. The maximum Gasteiger partial charge on any atom is 0.305 e. The minimum Gasteiger partial charge on any atom is -0.465 e. The van der Waals surface area contributed by atoms with E-state index in [1.165, 1.54) is 57.8 Å². The summed E-state index contributed by atoms with van der Waals surface area (Å²) in [6.45, 7) is 25.6. The molecule has 2 unspecified atom stereocenters. The van der Waals surface area contributed by atoms with E-state index in [1.54, 1.807) is 0 Å². The van der Waals surface area contributed by atoms with E-state index >= 15 is 0 Å². The molecule has 0 bridgehead atoms. The smallest absolute Gasteiger partial charge is 0.305 e. The Morgan fingerprint density at radius 3 is 1.13 bits per heavy atom. The Balaban J connectivity index is 0. The molecule has 0 heterocycles. The number of hydrogen-bond acceptors (Lipinski definition) is 14. The van der Waals surface area contributed by atoms with E-state index in [-0.39, 0.29) is 81.3 Å². The van der Waals surface area contributed by atoms with Crippen molar-refractivity contribution in [1.82, 2.24) is 9.80 Å². The third-order valence-electron chi connectivity index (χ3n) is 13.2. The predicted octanol–water partition coefficient (Wildman–Crippen LogP) is 14.6. The van der Waals surface area contributed by atoms with Crippen LogP contribution in [0, 0.1) is 17.8 Å². The van der Waals surface area contributed by atoms with Gasteiger partial charge in [0.25, 0.3) is 0 Å². The summed E-state index contributed by atoms with van der Waals surface area (Å²) in [6.07, 6.45) is 28.8. The first-order chi connectivity index (χ1) is 38.4. The summed E-state index contributed by atoms with van der Waals surface area (Å²) >= 11 is 0. The number of unbranched alkanes of at least 4 members (excludes halogenated alkanes) is 19. The first-order valence-electron chi connectivity index (χ1n) is 31.9. The standard InChI is InChI=1S/C58H110N2O12.C7H12/c1-9-13-17-29-40-65-47-53(67-42-31-19-15-11-3)49-71-57(63)36-27-23-21-25-34-55(61)69-45-52(44-60(51(5)6)39-33-38-59(7)8)46-70-56(62)35-26-22-24-28-37-58(64)72-50-54(68-43-32-20-16-12-4)48-66-41-30-18-14-10-2;1-3-5-7-6-4-2/h52-54H,5,9-50H2,1-4,6-8H3;3-5H2,1-2H3. The summed E-state index contributed by atoms with van der Waals surface area (Å²) < 4.78 is 46.5. The summed E-state index contributed by atoms with van der Waals surface area (Å²) in [5.41, 5.74) is 0.908. The molecular weight excluding hydrogens is 1000 g/mol. The molecule has 0 rings (SSSR count). The number of ether oxygens (including phenoxy) is 8. The van der Waals surface area contributed by atoms with Crippen LogP contribution in [0.25, 0.3) is 0 Å². The number of allylic oxidation sites excluding steroid dienone is 1. The van der Waals surface area contributed by atoms with Crippen LogP contribution in [0.5, 0.6) is 0 Å². The molecule has 2 atom stereocenters. The highest BCUT2D eigenvalue weighted by Gasteiger charge is 2.20. The van der Waals surface area contributed by atoms with E-state index in [2.05, 4.69) is 69.8 Å². The normalized spacial score (nSPS) is 12.2. The summed E-state index contributed by atoms with van der Waals surface area (Å²) in [6, 6.07) is 0. The zero-order chi connectivity index (χ0) is 58.7. The van der Waals surface area contributed by atoms with Gasteiger partial charge < -0.3 is 47.7 Å². The monoisotopic (exact) mass is 1120 g/mol. The van der Waals surface area contributed by atoms with Gasteiger partial charge in [-0.15, -0.1) is 11.8 Å². The van der Waals surface area contributed by atoms with E-state index in [0.29, 0.717) is 84.7 Å². The minimum atomic E-state index is -0.287. The van der Waals surface area contributed by atoms with Gasteiger partial charge in [0, 0.05) is 89.7 Å². The Morgan fingerprint density at radius 2 is 0.785 bits per heavy atom. The lowest BCUT2D eigenvalue weighted by atomic mass is 10.1.